The number of anilines is 1. The van der Waals surface area contributed by atoms with Gasteiger partial charge in [-0.2, -0.15) is 15.5 Å². The number of aryl methyl sites for hydroxylation is 1. The van der Waals surface area contributed by atoms with E-state index < -0.39 is 11.9 Å². The number of imide groups is 1. The number of carbonyl (C=O) groups is 3. The van der Waals surface area contributed by atoms with Gasteiger partial charge < -0.3 is 14.5 Å². The summed E-state index contributed by atoms with van der Waals surface area (Å²) in [6.07, 6.45) is 7.60. The van der Waals surface area contributed by atoms with Crippen LogP contribution < -0.4 is 26.1 Å². The standard InChI is InChI=1S/C53H56N12O6/c1-35-45-28-42(8-9-44(45)53(70)65(58-35)47-11-12-48(66)57-52(47)69)62-24-22-61(23-25-62)41-16-18-60(19-17-41)33-50(68)63-20-14-36(15-21-63)34-71-43-30-55-51(56-31-43)40-7-3-5-38(27-40)32-64-49(67)13-10-46(59-64)39-6-2-4-37(26-39)29-54/h2-10,13,26-28,30-31,36,41,47H,11-12,14-25,32-34H2,1H3,(H,57,66,69). The van der Waals surface area contributed by atoms with Crippen LogP contribution in [0.5, 0.6) is 5.75 Å². The molecule has 1 unspecified atom stereocenters. The molecule has 10 rings (SSSR count). The Balaban J connectivity index is 0.640. The summed E-state index contributed by atoms with van der Waals surface area (Å²) in [6.45, 7) is 9.91. The first-order valence-corrected chi connectivity index (χ1v) is 24.5. The summed E-state index contributed by atoms with van der Waals surface area (Å²) >= 11 is 0. The molecule has 18 nitrogen and oxygen atoms in total. The normalized spacial score (nSPS) is 18.6. The van der Waals surface area contributed by atoms with Crippen molar-refractivity contribution in [3.63, 3.8) is 0 Å². The van der Waals surface area contributed by atoms with Gasteiger partial charge in [-0.15, -0.1) is 0 Å². The number of ether oxygens (including phenoxy) is 1. The van der Waals surface area contributed by atoms with Crippen molar-refractivity contribution in [1.82, 2.24) is 49.5 Å². The SMILES string of the molecule is Cc1nn(C2CCC(=O)NC2=O)c(=O)c2ccc(N3CCN(C4CCN(CC(=O)N5CCC(COc6cnc(-c7cccc(Cn8nc(-c9cccc(C#N)c9)ccc8=O)c7)nc6)CC5)CC4)CC3)cc12. The zero-order valence-corrected chi connectivity index (χ0v) is 39.8. The lowest BCUT2D eigenvalue weighted by atomic mass is 9.97. The van der Waals surface area contributed by atoms with E-state index in [1.807, 2.05) is 60.4 Å². The highest BCUT2D eigenvalue weighted by Crippen LogP contribution is 2.28. The molecule has 0 spiro atoms. The molecule has 4 saturated heterocycles. The van der Waals surface area contributed by atoms with Gasteiger partial charge in [-0.1, -0.05) is 30.3 Å². The molecule has 18 heteroatoms. The lowest BCUT2D eigenvalue weighted by Crippen LogP contribution is -2.54. The Morgan fingerprint density at radius 3 is 2.31 bits per heavy atom. The van der Waals surface area contributed by atoms with Crippen molar-refractivity contribution in [2.24, 2.45) is 5.92 Å². The molecule has 71 heavy (non-hydrogen) atoms. The molecule has 364 valence electrons. The number of nitrogens with zero attached hydrogens (tertiary/aromatic N) is 11. The molecule has 1 atom stereocenters. The fourth-order valence-corrected chi connectivity index (χ4v) is 10.4. The second-order valence-electron chi connectivity index (χ2n) is 19.0. The number of nitriles is 1. The summed E-state index contributed by atoms with van der Waals surface area (Å²) in [7, 11) is 0. The van der Waals surface area contributed by atoms with Gasteiger partial charge in [0.25, 0.3) is 17.0 Å². The van der Waals surface area contributed by atoms with Crippen LogP contribution in [0, 0.1) is 24.2 Å². The van der Waals surface area contributed by atoms with E-state index in [9.17, 15) is 29.2 Å². The Bertz CT molecular complexity index is 3130. The topological polar surface area (TPSA) is 205 Å². The van der Waals surface area contributed by atoms with Crippen LogP contribution in [0.4, 0.5) is 5.69 Å². The minimum absolute atomic E-state index is 0.176. The Labute approximate surface area is 410 Å². The fourth-order valence-electron chi connectivity index (χ4n) is 10.4. The molecule has 0 saturated carbocycles. The Morgan fingerprint density at radius 2 is 1.55 bits per heavy atom. The number of amides is 3. The van der Waals surface area contributed by atoms with Crippen LogP contribution in [0.3, 0.4) is 0 Å². The van der Waals surface area contributed by atoms with Gasteiger partial charge in [0.1, 0.15) is 6.04 Å². The average molecular weight is 957 g/mol. The molecule has 4 aliphatic heterocycles. The van der Waals surface area contributed by atoms with Crippen molar-refractivity contribution < 1.29 is 19.1 Å². The van der Waals surface area contributed by atoms with E-state index in [0.29, 0.717) is 72.1 Å². The highest BCUT2D eigenvalue weighted by molar-refractivity contribution is 5.99. The first-order valence-electron chi connectivity index (χ1n) is 24.5. The van der Waals surface area contributed by atoms with Crippen LogP contribution in [0.2, 0.25) is 0 Å². The zero-order valence-electron chi connectivity index (χ0n) is 39.8. The molecule has 4 aliphatic rings. The van der Waals surface area contributed by atoms with E-state index in [0.717, 1.165) is 92.7 Å². The Kier molecular flexibility index (Phi) is 13.8. The molecular formula is C53H56N12O6. The number of fused-ring (bicyclic) bond motifs is 1. The second-order valence-corrected chi connectivity index (χ2v) is 19.0. The van der Waals surface area contributed by atoms with E-state index in [4.69, 9.17) is 4.74 Å². The number of carbonyl (C=O) groups excluding carboxylic acids is 3. The number of hydrogen-bond donors (Lipinski definition) is 1. The van der Waals surface area contributed by atoms with Gasteiger partial charge in [0.15, 0.2) is 11.6 Å². The minimum atomic E-state index is -0.797. The van der Waals surface area contributed by atoms with Gasteiger partial charge in [0.05, 0.1) is 60.5 Å². The van der Waals surface area contributed by atoms with Gasteiger partial charge in [0.2, 0.25) is 11.8 Å². The summed E-state index contributed by atoms with van der Waals surface area (Å²) < 4.78 is 8.77. The predicted molar refractivity (Wildman–Crippen MR) is 265 cm³/mol. The lowest BCUT2D eigenvalue weighted by molar-refractivity contribution is -0.136. The summed E-state index contributed by atoms with van der Waals surface area (Å²) in [5.41, 5.74) is 4.70. The van der Waals surface area contributed by atoms with E-state index in [-0.39, 0.29) is 42.3 Å². The highest BCUT2D eigenvalue weighted by atomic mass is 16.5. The number of aromatic nitrogens is 6. The largest absolute Gasteiger partial charge is 0.490 e. The molecule has 0 radical (unpaired) electrons. The maximum absolute atomic E-state index is 13.4. The third kappa shape index (κ3) is 10.6. The Hall–Kier alpha value is -7.62. The van der Waals surface area contributed by atoms with Crippen molar-refractivity contribution in [1.29, 1.82) is 5.26 Å². The smallest absolute Gasteiger partial charge is 0.275 e. The molecule has 3 aromatic heterocycles. The van der Waals surface area contributed by atoms with Crippen LogP contribution in [0.1, 0.15) is 61.4 Å². The van der Waals surface area contributed by atoms with E-state index in [2.05, 4.69) is 46.3 Å². The monoisotopic (exact) mass is 956 g/mol. The minimum Gasteiger partial charge on any atom is -0.490 e. The summed E-state index contributed by atoms with van der Waals surface area (Å²) in [4.78, 5) is 82.2. The third-order valence-electron chi connectivity index (χ3n) is 14.5. The summed E-state index contributed by atoms with van der Waals surface area (Å²) in [6, 6.07) is 25.7. The van der Waals surface area contributed by atoms with Crippen molar-refractivity contribution in [2.75, 3.05) is 70.4 Å². The summed E-state index contributed by atoms with van der Waals surface area (Å²) in [5, 5.41) is 22.0. The number of nitrogens with one attached hydrogen (secondary N) is 1. The van der Waals surface area contributed by atoms with Gasteiger partial charge in [-0.25, -0.2) is 19.3 Å². The van der Waals surface area contributed by atoms with Gasteiger partial charge in [-0.3, -0.25) is 39.1 Å². The van der Waals surface area contributed by atoms with Crippen molar-refractivity contribution in [3.05, 3.63) is 129 Å². The second kappa shape index (κ2) is 20.8. The average Bonchev–Trinajstić information content (AvgIpc) is 3.40. The number of likely N-dealkylation sites (tertiary alicyclic amines) is 2. The van der Waals surface area contributed by atoms with Crippen LogP contribution in [0.15, 0.2) is 101 Å². The molecule has 6 aromatic rings. The molecule has 4 fully saturated rings. The van der Waals surface area contributed by atoms with E-state index in [1.165, 1.54) is 15.4 Å². The molecule has 0 bridgehead atoms. The van der Waals surface area contributed by atoms with Crippen LogP contribution >= 0.6 is 0 Å². The van der Waals surface area contributed by atoms with Crippen LogP contribution in [-0.4, -0.2) is 134 Å². The van der Waals surface area contributed by atoms with Gasteiger partial charge >= 0.3 is 0 Å². The van der Waals surface area contributed by atoms with E-state index in [1.54, 1.807) is 36.7 Å². The van der Waals surface area contributed by atoms with Crippen LogP contribution in [-0.2, 0) is 20.9 Å². The Morgan fingerprint density at radius 1 is 0.789 bits per heavy atom. The number of piperazine rings is 1. The molecule has 7 heterocycles. The quantitative estimate of drug-likeness (QED) is 0.171. The third-order valence-corrected chi connectivity index (χ3v) is 14.5. The lowest BCUT2D eigenvalue weighted by Gasteiger charge is -2.43. The first-order chi connectivity index (χ1) is 34.5. The number of rotatable bonds is 12. The van der Waals surface area contributed by atoms with E-state index >= 15 is 0 Å². The molecule has 3 aromatic carbocycles. The van der Waals surface area contributed by atoms with Gasteiger partial charge in [-0.05, 0) is 93.0 Å². The molecular weight excluding hydrogens is 901 g/mol. The van der Waals surface area contributed by atoms with Crippen molar-refractivity contribution >= 4 is 34.2 Å². The first kappa shape index (κ1) is 47.1. The highest BCUT2D eigenvalue weighted by Gasteiger charge is 2.32. The van der Waals surface area contributed by atoms with Crippen LogP contribution in [0.25, 0.3) is 33.4 Å². The number of piperidine rings is 3. The zero-order chi connectivity index (χ0) is 49.0. The summed E-state index contributed by atoms with van der Waals surface area (Å²) in [5.74, 6) is 0.821. The van der Waals surface area contributed by atoms with Crippen molar-refractivity contribution in [2.45, 2.75) is 64.1 Å². The number of benzene rings is 3. The number of hydrogen-bond acceptors (Lipinski definition) is 14. The fraction of sp³-hybridized carbons (Fsp3) is 0.396. The van der Waals surface area contributed by atoms with Crippen molar-refractivity contribution in [3.8, 4) is 34.5 Å². The molecule has 1 N–H and O–H groups in total. The maximum atomic E-state index is 13.4. The molecule has 0 aliphatic carbocycles. The molecule has 3 amide bonds. The van der Waals surface area contributed by atoms with Gasteiger partial charge in [0, 0.05) is 93.1 Å². The predicted octanol–water partition coefficient (Wildman–Crippen LogP) is 4.19. The maximum Gasteiger partial charge on any atom is 0.275 e.